The number of nitrogens with zero attached hydrogens (tertiary/aromatic N) is 4. The highest BCUT2D eigenvalue weighted by molar-refractivity contribution is 6.30. The summed E-state index contributed by atoms with van der Waals surface area (Å²) < 4.78 is 14.8. The quantitative estimate of drug-likeness (QED) is 0.669. The van der Waals surface area contributed by atoms with E-state index in [-0.39, 0.29) is 34.8 Å². The van der Waals surface area contributed by atoms with Crippen molar-refractivity contribution < 1.29 is 9.18 Å². The van der Waals surface area contributed by atoms with Gasteiger partial charge in [-0.1, -0.05) is 17.7 Å². The molecule has 2 aliphatic carbocycles. The Balaban J connectivity index is 1.31. The van der Waals surface area contributed by atoms with Gasteiger partial charge in [0.15, 0.2) is 5.82 Å². The van der Waals surface area contributed by atoms with Crippen LogP contribution in [0.25, 0.3) is 11.4 Å². The maximum atomic E-state index is 14.8. The van der Waals surface area contributed by atoms with Crippen molar-refractivity contribution in [2.45, 2.75) is 24.9 Å². The molecule has 1 aliphatic heterocycles. The van der Waals surface area contributed by atoms with Gasteiger partial charge in [0.2, 0.25) is 0 Å². The summed E-state index contributed by atoms with van der Waals surface area (Å²) in [5.74, 6) is 0.808. The molecule has 3 fully saturated rings. The topological polar surface area (TPSA) is 71.0 Å². The first kappa shape index (κ1) is 18.7. The summed E-state index contributed by atoms with van der Waals surface area (Å²) in [5, 5.41) is 4.04. The van der Waals surface area contributed by atoms with Crippen LogP contribution in [0, 0.1) is 17.2 Å². The minimum absolute atomic E-state index is 0.0651. The fraction of sp³-hybridized carbons (Fsp3) is 0.304. The molecule has 3 heterocycles. The molecular formula is C23H19ClFN5O. The second kappa shape index (κ2) is 6.72. The highest BCUT2D eigenvalue weighted by atomic mass is 35.5. The number of anilines is 1. The van der Waals surface area contributed by atoms with Crippen molar-refractivity contribution in [2.24, 2.45) is 11.3 Å². The summed E-state index contributed by atoms with van der Waals surface area (Å²) in [7, 11) is 0. The number of amides is 1. The lowest BCUT2D eigenvalue weighted by molar-refractivity contribution is 0.0472. The Morgan fingerprint density at radius 2 is 1.97 bits per heavy atom. The molecule has 0 radical (unpaired) electrons. The lowest BCUT2D eigenvalue weighted by atomic mass is 9.71. The smallest absolute Gasteiger partial charge is 0.255 e. The fourth-order valence-corrected chi connectivity index (χ4v) is 5.63. The zero-order valence-corrected chi connectivity index (χ0v) is 17.3. The largest absolute Gasteiger partial charge is 0.365 e. The molecule has 3 aromatic rings. The Morgan fingerprint density at radius 3 is 2.74 bits per heavy atom. The van der Waals surface area contributed by atoms with Crippen LogP contribution >= 0.6 is 11.6 Å². The Morgan fingerprint density at radius 1 is 1.13 bits per heavy atom. The fourth-order valence-electron chi connectivity index (χ4n) is 5.52. The molecule has 1 amide bonds. The van der Waals surface area contributed by atoms with Gasteiger partial charge >= 0.3 is 0 Å². The lowest BCUT2D eigenvalue weighted by Gasteiger charge is -2.48. The van der Waals surface area contributed by atoms with Gasteiger partial charge in [0.1, 0.15) is 11.6 Å². The third-order valence-corrected chi connectivity index (χ3v) is 7.18. The molecule has 3 aliphatic rings. The molecule has 2 saturated carbocycles. The predicted octanol–water partition coefficient (Wildman–Crippen LogP) is 4.05. The lowest BCUT2D eigenvalue weighted by Crippen LogP contribution is -2.60. The molecule has 2 aromatic heterocycles. The number of aromatic nitrogens is 3. The van der Waals surface area contributed by atoms with Crippen molar-refractivity contribution in [1.29, 1.82) is 0 Å². The molecule has 0 bridgehead atoms. The zero-order valence-electron chi connectivity index (χ0n) is 16.5. The standard InChI is InChI=1S/C23H19ClFN5O/c24-14-5-6-18(28-11-14)29-17-10-23-9-13(23)12-30(20(17)23)22(31)15-3-1-4-16(25)19(15)21-26-7-2-8-27-21/h1-8,11,13,17,20H,9-10,12H2,(H,28,29). The van der Waals surface area contributed by atoms with Gasteiger partial charge in [0.25, 0.3) is 5.91 Å². The number of hydrogen-bond acceptors (Lipinski definition) is 5. The zero-order chi connectivity index (χ0) is 21.2. The Labute approximate surface area is 183 Å². The van der Waals surface area contributed by atoms with Gasteiger partial charge in [0, 0.05) is 31.2 Å². The average Bonchev–Trinajstić information content (AvgIpc) is 3.43. The van der Waals surface area contributed by atoms with E-state index in [1.807, 2.05) is 11.0 Å². The molecule has 1 saturated heterocycles. The Bertz CT molecular complexity index is 1170. The summed E-state index contributed by atoms with van der Waals surface area (Å²) >= 11 is 5.94. The van der Waals surface area contributed by atoms with Gasteiger partial charge in [-0.25, -0.2) is 19.3 Å². The van der Waals surface area contributed by atoms with Crippen molar-refractivity contribution in [1.82, 2.24) is 19.9 Å². The molecule has 4 unspecified atom stereocenters. The van der Waals surface area contributed by atoms with E-state index in [4.69, 9.17) is 11.6 Å². The molecule has 6 nitrogen and oxygen atoms in total. The number of carbonyl (C=O) groups excluding carboxylic acids is 1. The second-order valence-corrected chi connectivity index (χ2v) is 9.02. The number of benzene rings is 1. The number of nitrogens with one attached hydrogen (secondary N) is 1. The first-order chi connectivity index (χ1) is 15.1. The monoisotopic (exact) mass is 435 g/mol. The highest BCUT2D eigenvalue weighted by Crippen LogP contribution is 2.71. The van der Waals surface area contributed by atoms with Crippen molar-refractivity contribution in [3.8, 4) is 11.4 Å². The maximum Gasteiger partial charge on any atom is 0.255 e. The molecule has 8 heteroatoms. The van der Waals surface area contributed by atoms with E-state index in [2.05, 4.69) is 20.3 Å². The summed E-state index contributed by atoms with van der Waals surface area (Å²) in [5.41, 5.74) is 0.653. The third kappa shape index (κ3) is 2.83. The van der Waals surface area contributed by atoms with Gasteiger partial charge in [0.05, 0.1) is 22.2 Å². The minimum Gasteiger partial charge on any atom is -0.365 e. The van der Waals surface area contributed by atoms with Crippen molar-refractivity contribution in [3.63, 3.8) is 0 Å². The second-order valence-electron chi connectivity index (χ2n) is 8.59. The molecule has 156 valence electrons. The summed E-state index contributed by atoms with van der Waals surface area (Å²) in [6.45, 7) is 0.696. The average molecular weight is 436 g/mol. The van der Waals surface area contributed by atoms with E-state index < -0.39 is 5.82 Å². The molecule has 1 spiro atoms. The van der Waals surface area contributed by atoms with E-state index in [0.717, 1.165) is 18.7 Å². The van der Waals surface area contributed by atoms with Crippen LogP contribution in [0.1, 0.15) is 23.2 Å². The van der Waals surface area contributed by atoms with Gasteiger partial charge in [-0.05, 0) is 54.5 Å². The van der Waals surface area contributed by atoms with E-state index >= 15 is 0 Å². The third-order valence-electron chi connectivity index (χ3n) is 6.96. The number of carbonyl (C=O) groups is 1. The van der Waals surface area contributed by atoms with E-state index in [1.165, 1.54) is 6.07 Å². The molecule has 31 heavy (non-hydrogen) atoms. The van der Waals surface area contributed by atoms with Crippen molar-refractivity contribution >= 4 is 23.3 Å². The number of likely N-dealkylation sites (tertiary alicyclic amines) is 1. The summed E-state index contributed by atoms with van der Waals surface area (Å²) in [6.07, 6.45) is 6.86. The van der Waals surface area contributed by atoms with Gasteiger partial charge < -0.3 is 10.2 Å². The van der Waals surface area contributed by atoms with Crippen LogP contribution in [0.5, 0.6) is 0 Å². The van der Waals surface area contributed by atoms with Crippen LogP contribution in [-0.4, -0.2) is 44.4 Å². The normalized spacial score (nSPS) is 27.8. The van der Waals surface area contributed by atoms with E-state index in [0.29, 0.717) is 23.0 Å². The molecular weight excluding hydrogens is 417 g/mol. The van der Waals surface area contributed by atoms with Crippen LogP contribution in [-0.2, 0) is 0 Å². The number of halogens is 2. The number of hydrogen-bond donors (Lipinski definition) is 1. The van der Waals surface area contributed by atoms with Crippen LogP contribution in [0.2, 0.25) is 5.02 Å². The highest BCUT2D eigenvalue weighted by Gasteiger charge is 2.75. The van der Waals surface area contributed by atoms with Crippen LogP contribution in [0.15, 0.2) is 55.0 Å². The molecule has 1 N–H and O–H groups in total. The van der Waals surface area contributed by atoms with Gasteiger partial charge in [-0.3, -0.25) is 4.79 Å². The molecule has 4 atom stereocenters. The van der Waals surface area contributed by atoms with Crippen molar-refractivity contribution in [3.05, 3.63) is 71.4 Å². The van der Waals surface area contributed by atoms with E-state index in [9.17, 15) is 9.18 Å². The van der Waals surface area contributed by atoms with Crippen molar-refractivity contribution in [2.75, 3.05) is 11.9 Å². The number of pyridine rings is 1. The van der Waals surface area contributed by atoms with E-state index in [1.54, 1.807) is 42.9 Å². The SMILES string of the molecule is O=C(c1cccc(F)c1-c1ncccn1)N1CC2CC23CC(Nc2ccc(Cl)cn2)C13. The van der Waals surface area contributed by atoms with Crippen LogP contribution in [0.4, 0.5) is 10.2 Å². The summed E-state index contributed by atoms with van der Waals surface area (Å²) in [4.78, 5) is 28.2. The molecule has 1 aromatic carbocycles. The Kier molecular flexibility index (Phi) is 4.05. The Hall–Kier alpha value is -3.06. The van der Waals surface area contributed by atoms with Crippen LogP contribution < -0.4 is 5.32 Å². The first-order valence-corrected chi connectivity index (χ1v) is 10.7. The number of piperidine rings is 1. The summed E-state index contributed by atoms with van der Waals surface area (Å²) in [6, 6.07) is 10.0. The number of rotatable bonds is 4. The maximum absolute atomic E-state index is 14.8. The van der Waals surface area contributed by atoms with Gasteiger partial charge in [-0.2, -0.15) is 0 Å². The predicted molar refractivity (Wildman–Crippen MR) is 114 cm³/mol. The first-order valence-electron chi connectivity index (χ1n) is 10.3. The minimum atomic E-state index is -0.496. The van der Waals surface area contributed by atoms with Gasteiger partial charge in [-0.15, -0.1) is 0 Å². The van der Waals surface area contributed by atoms with Crippen LogP contribution in [0.3, 0.4) is 0 Å². The molecule has 6 rings (SSSR count).